The molecule has 0 aromatic heterocycles. The highest BCUT2D eigenvalue weighted by Crippen LogP contribution is 2.29. The minimum absolute atomic E-state index is 0.135. The maximum absolute atomic E-state index is 12.3. The van der Waals surface area contributed by atoms with Gasteiger partial charge in [-0.15, -0.1) is 0 Å². The summed E-state index contributed by atoms with van der Waals surface area (Å²) >= 11 is 3.09. The van der Waals surface area contributed by atoms with E-state index in [1.54, 1.807) is 0 Å². The van der Waals surface area contributed by atoms with Crippen molar-refractivity contribution in [2.45, 2.75) is 0 Å². The molecular weight excluding hydrogens is 332 g/mol. The Morgan fingerprint density at radius 2 is 2.20 bits per heavy atom. The van der Waals surface area contributed by atoms with E-state index in [1.807, 2.05) is 0 Å². The standard InChI is InChI=1S/C12H15BrN2O5/c1-20-8-6-14(5-7-16)12(17)9-3-2-4-10(11(9)13)15(18)19/h2-4,16H,5-8H2,1H3. The third kappa shape index (κ3) is 3.99. The molecule has 1 N–H and O–H groups in total. The van der Waals surface area contributed by atoms with E-state index in [-0.39, 0.29) is 28.9 Å². The van der Waals surface area contributed by atoms with Crippen molar-refractivity contribution in [3.63, 3.8) is 0 Å². The number of amides is 1. The van der Waals surface area contributed by atoms with Gasteiger partial charge in [0, 0.05) is 26.3 Å². The van der Waals surface area contributed by atoms with Gasteiger partial charge in [-0.25, -0.2) is 0 Å². The maximum Gasteiger partial charge on any atom is 0.284 e. The SMILES string of the molecule is COCCN(CCO)C(=O)c1cccc([N+](=O)[O-])c1Br. The fourth-order valence-electron chi connectivity index (χ4n) is 1.63. The van der Waals surface area contributed by atoms with E-state index >= 15 is 0 Å². The van der Waals surface area contributed by atoms with Crippen molar-refractivity contribution >= 4 is 27.5 Å². The number of hydrogen-bond acceptors (Lipinski definition) is 5. The third-order valence-corrected chi connectivity index (χ3v) is 3.46. The van der Waals surface area contributed by atoms with Crippen molar-refractivity contribution in [2.75, 3.05) is 33.4 Å². The van der Waals surface area contributed by atoms with Gasteiger partial charge in [0.2, 0.25) is 0 Å². The summed E-state index contributed by atoms with van der Waals surface area (Å²) in [5.41, 5.74) is 0.00953. The number of aliphatic hydroxyl groups is 1. The number of benzene rings is 1. The van der Waals surface area contributed by atoms with E-state index in [9.17, 15) is 14.9 Å². The number of hydrogen-bond donors (Lipinski definition) is 1. The highest BCUT2D eigenvalue weighted by molar-refractivity contribution is 9.10. The Labute approximate surface area is 124 Å². The first-order valence-electron chi connectivity index (χ1n) is 5.85. The molecule has 1 amide bonds. The van der Waals surface area contributed by atoms with Gasteiger partial charge < -0.3 is 14.7 Å². The molecule has 0 saturated carbocycles. The molecule has 0 aliphatic heterocycles. The number of carbonyl (C=O) groups excluding carboxylic acids is 1. The molecule has 1 aromatic rings. The zero-order chi connectivity index (χ0) is 15.1. The van der Waals surface area contributed by atoms with Crippen LogP contribution in [0.3, 0.4) is 0 Å². The second kappa shape index (κ2) is 7.93. The van der Waals surface area contributed by atoms with Crippen LogP contribution in [0.5, 0.6) is 0 Å². The minimum atomic E-state index is -0.563. The van der Waals surface area contributed by atoms with Gasteiger partial charge in [0.25, 0.3) is 11.6 Å². The highest BCUT2D eigenvalue weighted by atomic mass is 79.9. The van der Waals surface area contributed by atoms with E-state index in [0.29, 0.717) is 13.2 Å². The lowest BCUT2D eigenvalue weighted by atomic mass is 10.1. The van der Waals surface area contributed by atoms with Gasteiger partial charge in [-0.3, -0.25) is 14.9 Å². The fraction of sp³-hybridized carbons (Fsp3) is 0.417. The Kier molecular flexibility index (Phi) is 6.56. The predicted molar refractivity (Wildman–Crippen MR) is 75.7 cm³/mol. The van der Waals surface area contributed by atoms with Crippen LogP contribution in [-0.2, 0) is 4.74 Å². The lowest BCUT2D eigenvalue weighted by Gasteiger charge is -2.21. The molecule has 0 unspecified atom stereocenters. The summed E-state index contributed by atoms with van der Waals surface area (Å²) in [6, 6.07) is 4.26. The molecule has 0 bridgehead atoms. The number of nitro groups is 1. The maximum atomic E-state index is 12.3. The van der Waals surface area contributed by atoms with Crippen LogP contribution in [0, 0.1) is 10.1 Å². The monoisotopic (exact) mass is 346 g/mol. The summed E-state index contributed by atoms with van der Waals surface area (Å²) in [6.45, 7) is 0.558. The number of carbonyl (C=O) groups is 1. The quantitative estimate of drug-likeness (QED) is 0.595. The van der Waals surface area contributed by atoms with Crippen molar-refractivity contribution in [3.05, 3.63) is 38.3 Å². The van der Waals surface area contributed by atoms with E-state index in [4.69, 9.17) is 9.84 Å². The molecular formula is C12H15BrN2O5. The van der Waals surface area contributed by atoms with Crippen molar-refractivity contribution in [1.82, 2.24) is 4.90 Å². The third-order valence-electron chi connectivity index (χ3n) is 2.63. The van der Waals surface area contributed by atoms with Gasteiger partial charge in [0.1, 0.15) is 4.47 Å². The first kappa shape index (κ1) is 16.5. The lowest BCUT2D eigenvalue weighted by molar-refractivity contribution is -0.385. The summed E-state index contributed by atoms with van der Waals surface area (Å²) in [5.74, 6) is -0.397. The van der Waals surface area contributed by atoms with Gasteiger partial charge in [-0.1, -0.05) is 6.07 Å². The number of methoxy groups -OCH3 is 1. The summed E-state index contributed by atoms with van der Waals surface area (Å²) in [6.07, 6.45) is 0. The summed E-state index contributed by atoms with van der Waals surface area (Å²) in [5, 5.41) is 19.8. The molecule has 0 fully saturated rings. The van der Waals surface area contributed by atoms with E-state index in [1.165, 1.54) is 30.2 Å². The largest absolute Gasteiger partial charge is 0.395 e. The van der Waals surface area contributed by atoms with E-state index in [2.05, 4.69) is 15.9 Å². The van der Waals surface area contributed by atoms with Gasteiger partial charge in [-0.05, 0) is 22.0 Å². The minimum Gasteiger partial charge on any atom is -0.395 e. The second-order valence-corrected chi connectivity index (χ2v) is 4.70. The van der Waals surface area contributed by atoms with Crippen LogP contribution in [0.2, 0.25) is 0 Å². The predicted octanol–water partition coefficient (Wildman–Crippen LogP) is 1.44. The van der Waals surface area contributed by atoms with Crippen LogP contribution in [0.15, 0.2) is 22.7 Å². The van der Waals surface area contributed by atoms with Crippen LogP contribution < -0.4 is 0 Å². The number of aliphatic hydroxyl groups excluding tert-OH is 1. The van der Waals surface area contributed by atoms with Crippen LogP contribution in [-0.4, -0.2) is 54.3 Å². The molecule has 0 spiro atoms. The summed E-state index contributed by atoms with van der Waals surface area (Å²) in [4.78, 5) is 24.0. The molecule has 110 valence electrons. The van der Waals surface area contributed by atoms with E-state index < -0.39 is 10.8 Å². The molecule has 0 aliphatic rings. The average molecular weight is 347 g/mol. The lowest BCUT2D eigenvalue weighted by Crippen LogP contribution is -2.36. The van der Waals surface area contributed by atoms with Crippen LogP contribution >= 0.6 is 15.9 Å². The second-order valence-electron chi connectivity index (χ2n) is 3.90. The summed E-state index contributed by atoms with van der Waals surface area (Å²) < 4.78 is 5.04. The molecule has 0 atom stereocenters. The Hall–Kier alpha value is -1.51. The molecule has 1 aromatic carbocycles. The van der Waals surface area contributed by atoms with E-state index in [0.717, 1.165) is 0 Å². The Balaban J connectivity index is 3.05. The normalized spacial score (nSPS) is 10.3. The molecule has 0 heterocycles. The van der Waals surface area contributed by atoms with Crippen LogP contribution in [0.1, 0.15) is 10.4 Å². The molecule has 0 aliphatic carbocycles. The topological polar surface area (TPSA) is 92.9 Å². The van der Waals surface area contributed by atoms with Crippen molar-refractivity contribution in [1.29, 1.82) is 0 Å². The van der Waals surface area contributed by atoms with Gasteiger partial charge in [-0.2, -0.15) is 0 Å². The van der Waals surface area contributed by atoms with Gasteiger partial charge in [0.05, 0.1) is 23.7 Å². The molecule has 20 heavy (non-hydrogen) atoms. The number of ether oxygens (including phenoxy) is 1. The Morgan fingerprint density at radius 1 is 1.50 bits per heavy atom. The average Bonchev–Trinajstić information content (AvgIpc) is 2.42. The molecule has 0 saturated heterocycles. The van der Waals surface area contributed by atoms with Crippen LogP contribution in [0.4, 0.5) is 5.69 Å². The molecule has 0 radical (unpaired) electrons. The number of rotatable bonds is 7. The van der Waals surface area contributed by atoms with Crippen molar-refractivity contribution < 1.29 is 19.6 Å². The molecule has 7 nitrogen and oxygen atoms in total. The summed E-state index contributed by atoms with van der Waals surface area (Å²) in [7, 11) is 1.50. The number of halogens is 1. The van der Waals surface area contributed by atoms with Gasteiger partial charge >= 0.3 is 0 Å². The Bertz CT molecular complexity index is 495. The fourth-order valence-corrected chi connectivity index (χ4v) is 2.21. The zero-order valence-electron chi connectivity index (χ0n) is 10.9. The zero-order valence-corrected chi connectivity index (χ0v) is 12.5. The smallest absolute Gasteiger partial charge is 0.284 e. The first-order valence-corrected chi connectivity index (χ1v) is 6.64. The highest BCUT2D eigenvalue weighted by Gasteiger charge is 2.23. The molecule has 1 rings (SSSR count). The number of nitrogens with zero attached hydrogens (tertiary/aromatic N) is 2. The first-order chi connectivity index (χ1) is 9.52. The van der Waals surface area contributed by atoms with Gasteiger partial charge in [0.15, 0.2) is 0 Å². The number of nitro benzene ring substituents is 1. The van der Waals surface area contributed by atoms with Crippen LogP contribution in [0.25, 0.3) is 0 Å². The molecule has 8 heteroatoms. The Morgan fingerprint density at radius 3 is 2.75 bits per heavy atom. The van der Waals surface area contributed by atoms with Crippen molar-refractivity contribution in [3.8, 4) is 0 Å². The van der Waals surface area contributed by atoms with Crippen molar-refractivity contribution in [2.24, 2.45) is 0 Å².